The lowest BCUT2D eigenvalue weighted by molar-refractivity contribution is -0.120. The Morgan fingerprint density at radius 3 is 2.52 bits per heavy atom. The van der Waals surface area contributed by atoms with Crippen LogP contribution in [-0.2, 0) is 10.5 Å². The molecule has 0 spiro atoms. The van der Waals surface area contributed by atoms with Crippen LogP contribution in [0.5, 0.6) is 0 Å². The van der Waals surface area contributed by atoms with E-state index in [0.29, 0.717) is 16.9 Å². The number of carbonyl (C=O) groups is 2. The molecule has 3 N–H and O–H groups in total. The number of nitrogens with one attached hydrogen (secondary N) is 1. The van der Waals surface area contributed by atoms with Gasteiger partial charge in [-0.1, -0.05) is 30.3 Å². The van der Waals surface area contributed by atoms with Crippen LogP contribution in [-0.4, -0.2) is 18.1 Å². The number of carbonyl (C=O) groups excluding carboxylic acids is 2. The number of amides is 2. The minimum atomic E-state index is -0.933. The van der Waals surface area contributed by atoms with Crippen LogP contribution in [0, 0.1) is 5.82 Å². The Kier molecular flexibility index (Phi) is 5.76. The van der Waals surface area contributed by atoms with E-state index in [2.05, 4.69) is 5.32 Å². The van der Waals surface area contributed by atoms with Crippen LogP contribution < -0.4 is 11.1 Å². The number of benzene rings is 2. The molecule has 0 saturated heterocycles. The van der Waals surface area contributed by atoms with Gasteiger partial charge in [0.1, 0.15) is 11.9 Å². The number of hydrogen-bond donors (Lipinski definition) is 2. The van der Waals surface area contributed by atoms with Crippen molar-refractivity contribution >= 4 is 23.6 Å². The highest BCUT2D eigenvalue weighted by Gasteiger charge is 2.21. The highest BCUT2D eigenvalue weighted by molar-refractivity contribution is 7.97. The van der Waals surface area contributed by atoms with Crippen LogP contribution in [0.1, 0.15) is 27.5 Å². The third-order valence-corrected chi connectivity index (χ3v) is 3.90. The average molecular weight is 332 g/mol. The van der Waals surface area contributed by atoms with Gasteiger partial charge in [-0.15, -0.1) is 0 Å². The minimum absolute atomic E-state index is 0.289. The molecule has 0 radical (unpaired) electrons. The van der Waals surface area contributed by atoms with Crippen LogP contribution in [0.25, 0.3) is 0 Å². The number of rotatable bonds is 6. The first-order valence-electron chi connectivity index (χ1n) is 6.95. The van der Waals surface area contributed by atoms with Crippen LogP contribution >= 0.6 is 11.8 Å². The highest BCUT2D eigenvalue weighted by atomic mass is 32.2. The van der Waals surface area contributed by atoms with Gasteiger partial charge in [0.2, 0.25) is 5.91 Å². The van der Waals surface area contributed by atoms with Gasteiger partial charge >= 0.3 is 0 Å². The summed E-state index contributed by atoms with van der Waals surface area (Å²) in [5.41, 5.74) is 6.71. The van der Waals surface area contributed by atoms with Crippen LogP contribution in [0.2, 0.25) is 0 Å². The van der Waals surface area contributed by atoms with E-state index in [1.54, 1.807) is 30.3 Å². The van der Waals surface area contributed by atoms with E-state index >= 15 is 0 Å². The summed E-state index contributed by atoms with van der Waals surface area (Å²) in [5.74, 6) is -1.02. The predicted molar refractivity (Wildman–Crippen MR) is 89.5 cm³/mol. The summed E-state index contributed by atoms with van der Waals surface area (Å²) in [4.78, 5) is 24.0. The first-order chi connectivity index (χ1) is 11.0. The van der Waals surface area contributed by atoms with Gasteiger partial charge in [-0.25, -0.2) is 4.39 Å². The molecular formula is C17H17FN2O2S. The lowest BCUT2D eigenvalue weighted by atomic mass is 10.1. The van der Waals surface area contributed by atoms with Gasteiger partial charge in [-0.05, 0) is 35.6 Å². The molecule has 1 atom stereocenters. The van der Waals surface area contributed by atoms with E-state index in [-0.39, 0.29) is 11.4 Å². The standard InChI is InChI=1S/C17H17FN2O2S/c1-23-10-13-9-12(7-8-14(13)18)17(22)20-15(16(19)21)11-5-3-2-4-6-11/h2-9,15H,10H2,1H3,(H2,19,21)(H,20,22). The molecule has 2 amide bonds. The van der Waals surface area contributed by atoms with Crippen molar-refractivity contribution in [2.24, 2.45) is 5.73 Å². The number of primary amides is 1. The van der Waals surface area contributed by atoms with Crippen molar-refractivity contribution in [1.29, 1.82) is 0 Å². The van der Waals surface area contributed by atoms with Crippen LogP contribution in [0.15, 0.2) is 48.5 Å². The lowest BCUT2D eigenvalue weighted by Gasteiger charge is -2.16. The van der Waals surface area contributed by atoms with Gasteiger partial charge in [0.15, 0.2) is 0 Å². The zero-order valence-electron chi connectivity index (χ0n) is 12.6. The number of halogens is 1. The minimum Gasteiger partial charge on any atom is -0.368 e. The largest absolute Gasteiger partial charge is 0.368 e. The van der Waals surface area contributed by atoms with E-state index in [4.69, 9.17) is 5.73 Å². The van der Waals surface area contributed by atoms with Crippen molar-refractivity contribution in [3.8, 4) is 0 Å². The maximum Gasteiger partial charge on any atom is 0.252 e. The van der Waals surface area contributed by atoms with Crippen molar-refractivity contribution < 1.29 is 14.0 Å². The summed E-state index contributed by atoms with van der Waals surface area (Å²) < 4.78 is 13.7. The van der Waals surface area contributed by atoms with Crippen molar-refractivity contribution in [3.05, 3.63) is 71.0 Å². The summed E-state index contributed by atoms with van der Waals surface area (Å²) in [6, 6.07) is 11.9. The molecule has 120 valence electrons. The molecule has 2 aromatic carbocycles. The zero-order valence-corrected chi connectivity index (χ0v) is 13.4. The summed E-state index contributed by atoms with van der Waals surface area (Å²) in [7, 11) is 0. The van der Waals surface area contributed by atoms with E-state index < -0.39 is 17.9 Å². The first kappa shape index (κ1) is 17.0. The Bertz CT molecular complexity index is 707. The van der Waals surface area contributed by atoms with Gasteiger partial charge in [-0.3, -0.25) is 9.59 Å². The Balaban J connectivity index is 2.23. The maximum atomic E-state index is 13.7. The summed E-state index contributed by atoms with van der Waals surface area (Å²) in [6.45, 7) is 0. The molecule has 4 nitrogen and oxygen atoms in total. The fraction of sp³-hybridized carbons (Fsp3) is 0.176. The smallest absolute Gasteiger partial charge is 0.252 e. The van der Waals surface area contributed by atoms with Crippen molar-refractivity contribution in [1.82, 2.24) is 5.32 Å². The Morgan fingerprint density at radius 2 is 1.91 bits per heavy atom. The SMILES string of the molecule is CSCc1cc(C(=O)NC(C(N)=O)c2ccccc2)ccc1F. The zero-order chi connectivity index (χ0) is 16.8. The Hall–Kier alpha value is -2.34. The first-order valence-corrected chi connectivity index (χ1v) is 8.34. The number of nitrogens with two attached hydrogens (primary N) is 1. The molecule has 0 aliphatic rings. The number of hydrogen-bond acceptors (Lipinski definition) is 3. The maximum absolute atomic E-state index is 13.7. The molecule has 1 unspecified atom stereocenters. The summed E-state index contributed by atoms with van der Waals surface area (Å²) in [6.07, 6.45) is 1.85. The summed E-state index contributed by atoms with van der Waals surface area (Å²) in [5, 5.41) is 2.60. The molecule has 0 fully saturated rings. The Morgan fingerprint density at radius 1 is 1.22 bits per heavy atom. The fourth-order valence-corrected chi connectivity index (χ4v) is 2.69. The summed E-state index contributed by atoms with van der Waals surface area (Å²) >= 11 is 1.46. The molecule has 23 heavy (non-hydrogen) atoms. The van der Waals surface area contributed by atoms with Crippen molar-refractivity contribution in [2.45, 2.75) is 11.8 Å². The molecular weight excluding hydrogens is 315 g/mol. The second-order valence-corrected chi connectivity index (χ2v) is 5.82. The third kappa shape index (κ3) is 4.32. The topological polar surface area (TPSA) is 72.2 Å². The lowest BCUT2D eigenvalue weighted by Crippen LogP contribution is -2.37. The molecule has 6 heteroatoms. The van der Waals surface area contributed by atoms with Gasteiger partial charge in [0, 0.05) is 11.3 Å². The van der Waals surface area contributed by atoms with E-state index in [1.165, 1.54) is 30.0 Å². The van der Waals surface area contributed by atoms with Crippen LogP contribution in [0.3, 0.4) is 0 Å². The van der Waals surface area contributed by atoms with E-state index in [9.17, 15) is 14.0 Å². The van der Waals surface area contributed by atoms with Gasteiger partial charge < -0.3 is 11.1 Å². The number of thioether (sulfide) groups is 1. The fourth-order valence-electron chi connectivity index (χ4n) is 2.16. The van der Waals surface area contributed by atoms with Gasteiger partial charge in [0.25, 0.3) is 5.91 Å². The van der Waals surface area contributed by atoms with Crippen LogP contribution in [0.4, 0.5) is 4.39 Å². The predicted octanol–water partition coefficient (Wildman–Crippen LogP) is 2.65. The molecule has 0 heterocycles. The molecule has 0 aromatic heterocycles. The van der Waals surface area contributed by atoms with Crippen molar-refractivity contribution in [3.63, 3.8) is 0 Å². The van der Waals surface area contributed by atoms with E-state index in [0.717, 1.165) is 0 Å². The van der Waals surface area contributed by atoms with Gasteiger partial charge in [0.05, 0.1) is 0 Å². The van der Waals surface area contributed by atoms with E-state index in [1.807, 2.05) is 6.26 Å². The second-order valence-electron chi connectivity index (χ2n) is 4.96. The molecule has 0 aliphatic heterocycles. The third-order valence-electron chi connectivity index (χ3n) is 3.30. The molecule has 0 aliphatic carbocycles. The second kappa shape index (κ2) is 7.78. The highest BCUT2D eigenvalue weighted by Crippen LogP contribution is 2.17. The molecule has 2 rings (SSSR count). The average Bonchev–Trinajstić information content (AvgIpc) is 2.55. The van der Waals surface area contributed by atoms with Gasteiger partial charge in [-0.2, -0.15) is 11.8 Å². The molecule has 0 bridgehead atoms. The quantitative estimate of drug-likeness (QED) is 0.854. The van der Waals surface area contributed by atoms with Crippen molar-refractivity contribution in [2.75, 3.05) is 6.26 Å². The Labute approximate surface area is 138 Å². The monoisotopic (exact) mass is 332 g/mol. The molecule has 0 saturated carbocycles. The normalized spacial score (nSPS) is 11.7. The molecule has 2 aromatic rings.